The fraction of sp³-hybridized carbons (Fsp3) is 0.238. The van der Waals surface area contributed by atoms with Crippen LogP contribution in [0.5, 0.6) is 0 Å². The van der Waals surface area contributed by atoms with Crippen molar-refractivity contribution in [1.29, 1.82) is 0 Å². The van der Waals surface area contributed by atoms with Crippen molar-refractivity contribution in [2.75, 3.05) is 0 Å². The van der Waals surface area contributed by atoms with E-state index in [0.717, 1.165) is 10.2 Å². The molecule has 2 aromatic carbocycles. The fourth-order valence-corrected chi connectivity index (χ4v) is 3.48. The molecule has 1 aliphatic heterocycles. The van der Waals surface area contributed by atoms with Gasteiger partial charge in [0, 0.05) is 18.5 Å². The third kappa shape index (κ3) is 3.80. The number of amides is 2. The van der Waals surface area contributed by atoms with Gasteiger partial charge in [-0.15, -0.1) is 0 Å². The van der Waals surface area contributed by atoms with E-state index < -0.39 is 11.9 Å². The Morgan fingerprint density at radius 3 is 2.47 bits per heavy atom. The Balaban J connectivity index is 1.42. The summed E-state index contributed by atoms with van der Waals surface area (Å²) in [6, 6.07) is 14.3. The molecule has 0 saturated carbocycles. The number of carbonyl (C=O) groups excluding carboxylic acids is 2. The molecule has 2 atom stereocenters. The van der Waals surface area contributed by atoms with Gasteiger partial charge in [0.05, 0.1) is 5.39 Å². The van der Waals surface area contributed by atoms with Crippen LogP contribution in [0, 0.1) is 6.92 Å². The Labute approximate surface area is 172 Å². The minimum Gasteiger partial charge on any atom is -0.271 e. The fourth-order valence-electron chi connectivity index (χ4n) is 3.48. The number of hydrogen-bond acceptors (Lipinski definition) is 6. The Morgan fingerprint density at radius 2 is 1.73 bits per heavy atom. The topological polar surface area (TPSA) is 117 Å². The van der Waals surface area contributed by atoms with Gasteiger partial charge < -0.3 is 0 Å². The molecule has 2 amide bonds. The highest BCUT2D eigenvalue weighted by Gasteiger charge is 2.30. The maximum atomic E-state index is 12.6. The van der Waals surface area contributed by atoms with E-state index in [1.54, 1.807) is 24.3 Å². The summed E-state index contributed by atoms with van der Waals surface area (Å²) in [6.45, 7) is 2.02. The van der Waals surface area contributed by atoms with E-state index in [-0.39, 0.29) is 23.2 Å². The first-order valence-electron chi connectivity index (χ1n) is 9.58. The maximum absolute atomic E-state index is 12.6. The lowest BCUT2D eigenvalue weighted by Gasteiger charge is -2.13. The summed E-state index contributed by atoms with van der Waals surface area (Å²) in [4.78, 5) is 37.3. The number of hydrogen-bond donors (Lipinski definition) is 4. The second kappa shape index (κ2) is 8.05. The number of carbonyl (C=O) groups is 2. The average Bonchev–Trinajstić information content (AvgIpc) is 3.25. The standard InChI is InChI=1S/C21H22N6O3/c1-12-7-9-13(10-8-12)16-11-17(23-22-16)19(28)24-25-20(29)18-14-5-3-4-6-15(14)21(30)27(2)26-18/h3-10,16-17,22-23H,11H2,1-2H3,(H,24,28)(H,25,29). The number of aromatic nitrogens is 2. The summed E-state index contributed by atoms with van der Waals surface area (Å²) in [5, 5.41) is 4.85. The number of aryl methyl sites for hydroxylation is 2. The van der Waals surface area contributed by atoms with Crippen LogP contribution in [0.4, 0.5) is 0 Å². The van der Waals surface area contributed by atoms with Crippen molar-refractivity contribution in [1.82, 2.24) is 31.5 Å². The lowest BCUT2D eigenvalue weighted by molar-refractivity contribution is -0.123. The van der Waals surface area contributed by atoms with Gasteiger partial charge in [-0.25, -0.2) is 15.5 Å². The van der Waals surface area contributed by atoms with Crippen LogP contribution in [0.25, 0.3) is 10.8 Å². The molecule has 1 aliphatic rings. The molecule has 0 spiro atoms. The van der Waals surface area contributed by atoms with Crippen molar-refractivity contribution < 1.29 is 9.59 Å². The van der Waals surface area contributed by atoms with Gasteiger partial charge in [-0.1, -0.05) is 48.0 Å². The van der Waals surface area contributed by atoms with E-state index >= 15 is 0 Å². The first-order valence-corrected chi connectivity index (χ1v) is 9.58. The molecule has 9 heteroatoms. The number of fused-ring (bicyclic) bond motifs is 1. The SMILES string of the molecule is Cc1ccc(C2CC(C(=O)NNC(=O)c3nn(C)c(=O)c4ccccc34)NN2)cc1. The average molecular weight is 406 g/mol. The highest BCUT2D eigenvalue weighted by molar-refractivity contribution is 6.05. The quantitative estimate of drug-likeness (QED) is 0.474. The van der Waals surface area contributed by atoms with Crippen LogP contribution in [0.1, 0.15) is 34.1 Å². The summed E-state index contributed by atoms with van der Waals surface area (Å²) in [5.41, 5.74) is 12.9. The summed E-state index contributed by atoms with van der Waals surface area (Å²) in [5.74, 6) is -0.976. The van der Waals surface area contributed by atoms with E-state index in [0.29, 0.717) is 17.2 Å². The van der Waals surface area contributed by atoms with Gasteiger partial charge >= 0.3 is 0 Å². The highest BCUT2D eigenvalue weighted by Crippen LogP contribution is 2.22. The zero-order chi connectivity index (χ0) is 21.3. The Kier molecular flexibility index (Phi) is 5.30. The number of rotatable bonds is 3. The molecule has 4 rings (SSSR count). The van der Waals surface area contributed by atoms with Crippen molar-refractivity contribution in [3.05, 3.63) is 75.7 Å². The number of nitrogens with zero attached hydrogens (tertiary/aromatic N) is 2. The second-order valence-corrected chi connectivity index (χ2v) is 7.31. The van der Waals surface area contributed by atoms with E-state index in [9.17, 15) is 14.4 Å². The monoisotopic (exact) mass is 406 g/mol. The van der Waals surface area contributed by atoms with Gasteiger partial charge in [-0.2, -0.15) is 5.10 Å². The molecule has 154 valence electrons. The van der Waals surface area contributed by atoms with Gasteiger partial charge in [0.1, 0.15) is 6.04 Å². The first kappa shape index (κ1) is 19.7. The van der Waals surface area contributed by atoms with Crippen molar-refractivity contribution >= 4 is 22.6 Å². The third-order valence-electron chi connectivity index (χ3n) is 5.17. The van der Waals surface area contributed by atoms with Crippen LogP contribution < -0.4 is 27.3 Å². The lowest BCUT2D eigenvalue weighted by Crippen LogP contribution is -2.50. The van der Waals surface area contributed by atoms with Crippen molar-refractivity contribution in [2.24, 2.45) is 7.05 Å². The molecule has 30 heavy (non-hydrogen) atoms. The molecule has 4 N–H and O–H groups in total. The van der Waals surface area contributed by atoms with Crippen LogP contribution in [0.2, 0.25) is 0 Å². The summed E-state index contributed by atoms with van der Waals surface area (Å²) < 4.78 is 1.10. The maximum Gasteiger partial charge on any atom is 0.290 e. The van der Waals surface area contributed by atoms with Gasteiger partial charge in [0.15, 0.2) is 5.69 Å². The molecule has 1 aromatic heterocycles. The number of hydrazine groups is 2. The molecule has 3 aromatic rings. The van der Waals surface area contributed by atoms with Crippen molar-refractivity contribution in [2.45, 2.75) is 25.4 Å². The van der Waals surface area contributed by atoms with Gasteiger partial charge in [-0.05, 0) is 25.0 Å². The molecule has 0 bridgehead atoms. The van der Waals surface area contributed by atoms with Crippen LogP contribution in [-0.2, 0) is 11.8 Å². The van der Waals surface area contributed by atoms with Crippen LogP contribution >= 0.6 is 0 Å². The molecule has 2 unspecified atom stereocenters. The smallest absolute Gasteiger partial charge is 0.271 e. The molecular formula is C21H22N6O3. The molecule has 1 fully saturated rings. The molecule has 9 nitrogen and oxygen atoms in total. The van der Waals surface area contributed by atoms with E-state index in [4.69, 9.17) is 0 Å². The summed E-state index contributed by atoms with van der Waals surface area (Å²) in [6.07, 6.45) is 0.534. The minimum atomic E-state index is -0.601. The van der Waals surface area contributed by atoms with E-state index in [2.05, 4.69) is 26.8 Å². The second-order valence-electron chi connectivity index (χ2n) is 7.31. The van der Waals surface area contributed by atoms with Crippen molar-refractivity contribution in [3.8, 4) is 0 Å². The lowest BCUT2D eigenvalue weighted by atomic mass is 10.0. The van der Waals surface area contributed by atoms with E-state index in [1.165, 1.54) is 12.6 Å². The zero-order valence-corrected chi connectivity index (χ0v) is 16.6. The molecular weight excluding hydrogens is 384 g/mol. The van der Waals surface area contributed by atoms with Gasteiger partial charge in [-0.3, -0.25) is 25.2 Å². The predicted octanol–water partition coefficient (Wildman–Crippen LogP) is 0.611. The largest absolute Gasteiger partial charge is 0.290 e. The molecule has 1 saturated heterocycles. The Hall–Kier alpha value is -3.56. The van der Waals surface area contributed by atoms with E-state index in [1.807, 2.05) is 31.2 Å². The molecule has 0 aliphatic carbocycles. The van der Waals surface area contributed by atoms with Crippen LogP contribution in [0.3, 0.4) is 0 Å². The zero-order valence-electron chi connectivity index (χ0n) is 16.6. The van der Waals surface area contributed by atoms with Gasteiger partial charge in [0.25, 0.3) is 17.4 Å². The molecule has 0 radical (unpaired) electrons. The summed E-state index contributed by atoms with van der Waals surface area (Å²) >= 11 is 0. The Bertz CT molecular complexity index is 1170. The number of nitrogens with one attached hydrogen (secondary N) is 4. The number of benzene rings is 2. The van der Waals surface area contributed by atoms with Crippen LogP contribution in [0.15, 0.2) is 53.3 Å². The highest BCUT2D eigenvalue weighted by atomic mass is 16.2. The first-order chi connectivity index (χ1) is 14.4. The normalized spacial score (nSPS) is 18.3. The predicted molar refractivity (Wildman–Crippen MR) is 111 cm³/mol. The summed E-state index contributed by atoms with van der Waals surface area (Å²) in [7, 11) is 1.48. The van der Waals surface area contributed by atoms with Crippen LogP contribution in [-0.4, -0.2) is 27.6 Å². The third-order valence-corrected chi connectivity index (χ3v) is 5.17. The Morgan fingerprint density at radius 1 is 1.03 bits per heavy atom. The molecule has 2 heterocycles. The minimum absolute atomic E-state index is 0.00805. The van der Waals surface area contributed by atoms with Gasteiger partial charge in [0.2, 0.25) is 0 Å². The van der Waals surface area contributed by atoms with Crippen molar-refractivity contribution in [3.63, 3.8) is 0 Å².